The molecule has 2 aromatic heterocycles. The van der Waals surface area contributed by atoms with E-state index in [9.17, 15) is 4.79 Å². The zero-order valence-corrected chi connectivity index (χ0v) is 13.3. The van der Waals surface area contributed by atoms with Gasteiger partial charge in [0, 0.05) is 25.0 Å². The minimum Gasteiger partial charge on any atom is -0.377 e. The van der Waals surface area contributed by atoms with Crippen LogP contribution in [0.25, 0.3) is 0 Å². The highest BCUT2D eigenvalue weighted by Gasteiger charge is 2.32. The van der Waals surface area contributed by atoms with Gasteiger partial charge in [-0.25, -0.2) is 9.97 Å². The molecule has 1 saturated carbocycles. The summed E-state index contributed by atoms with van der Waals surface area (Å²) in [4.78, 5) is 23.4. The SMILES string of the molecule is O=C(c1ccn[nH]1)N1CCOCC1c1nccc(NC2CCC2)n1. The number of aromatic nitrogens is 4. The molecular formula is C16H20N6O2. The Labute approximate surface area is 139 Å². The molecule has 1 saturated heterocycles. The van der Waals surface area contributed by atoms with Gasteiger partial charge in [0.05, 0.1) is 13.2 Å². The predicted octanol–water partition coefficient (Wildman–Crippen LogP) is 1.38. The molecule has 0 aromatic carbocycles. The van der Waals surface area contributed by atoms with Crippen LogP contribution in [-0.4, -0.2) is 56.8 Å². The maximum Gasteiger partial charge on any atom is 0.272 e. The van der Waals surface area contributed by atoms with Gasteiger partial charge >= 0.3 is 0 Å². The largest absolute Gasteiger partial charge is 0.377 e. The third-order valence-corrected chi connectivity index (χ3v) is 4.55. The highest BCUT2D eigenvalue weighted by atomic mass is 16.5. The van der Waals surface area contributed by atoms with Gasteiger partial charge in [0.1, 0.15) is 17.6 Å². The molecule has 4 rings (SSSR count). The average Bonchev–Trinajstić information content (AvgIpc) is 3.12. The Morgan fingerprint density at radius 3 is 3.00 bits per heavy atom. The van der Waals surface area contributed by atoms with Gasteiger partial charge in [-0.15, -0.1) is 0 Å². The van der Waals surface area contributed by atoms with Gasteiger partial charge in [-0.1, -0.05) is 0 Å². The maximum absolute atomic E-state index is 12.7. The van der Waals surface area contributed by atoms with E-state index >= 15 is 0 Å². The minimum atomic E-state index is -0.294. The number of aromatic amines is 1. The Bertz CT molecular complexity index is 700. The summed E-state index contributed by atoms with van der Waals surface area (Å²) in [6.45, 7) is 1.41. The van der Waals surface area contributed by atoms with E-state index in [2.05, 4.69) is 25.5 Å². The van der Waals surface area contributed by atoms with Crippen LogP contribution < -0.4 is 5.32 Å². The van der Waals surface area contributed by atoms with E-state index in [1.165, 1.54) is 19.3 Å². The Hall–Kier alpha value is -2.48. The first-order valence-corrected chi connectivity index (χ1v) is 8.29. The molecule has 1 atom stereocenters. The second-order valence-electron chi connectivity index (χ2n) is 6.13. The highest BCUT2D eigenvalue weighted by molar-refractivity contribution is 5.92. The molecule has 1 amide bonds. The van der Waals surface area contributed by atoms with E-state index in [-0.39, 0.29) is 11.9 Å². The topological polar surface area (TPSA) is 96.0 Å². The smallest absolute Gasteiger partial charge is 0.272 e. The van der Waals surface area contributed by atoms with Crippen LogP contribution in [0.5, 0.6) is 0 Å². The van der Waals surface area contributed by atoms with E-state index in [0.29, 0.717) is 37.3 Å². The molecule has 2 aromatic rings. The fourth-order valence-corrected chi connectivity index (χ4v) is 2.97. The summed E-state index contributed by atoms with van der Waals surface area (Å²) in [5.41, 5.74) is 0.464. The van der Waals surface area contributed by atoms with Crippen LogP contribution in [-0.2, 0) is 4.74 Å². The van der Waals surface area contributed by atoms with Gasteiger partial charge < -0.3 is 15.0 Å². The van der Waals surface area contributed by atoms with E-state index < -0.39 is 0 Å². The van der Waals surface area contributed by atoms with Crippen LogP contribution in [0, 0.1) is 0 Å². The first-order valence-electron chi connectivity index (χ1n) is 8.29. The molecule has 3 heterocycles. The molecule has 8 nitrogen and oxygen atoms in total. The second kappa shape index (κ2) is 6.56. The molecule has 1 aliphatic heterocycles. The average molecular weight is 328 g/mol. The summed E-state index contributed by atoms with van der Waals surface area (Å²) in [6, 6.07) is 3.74. The van der Waals surface area contributed by atoms with Crippen LogP contribution in [0.4, 0.5) is 5.82 Å². The lowest BCUT2D eigenvalue weighted by Gasteiger charge is -2.34. The minimum absolute atomic E-state index is 0.109. The molecule has 0 radical (unpaired) electrons. The molecule has 126 valence electrons. The van der Waals surface area contributed by atoms with Gasteiger partial charge in [0.2, 0.25) is 0 Å². The zero-order valence-electron chi connectivity index (χ0n) is 13.3. The molecule has 2 aliphatic rings. The fourth-order valence-electron chi connectivity index (χ4n) is 2.97. The quantitative estimate of drug-likeness (QED) is 0.880. The van der Waals surface area contributed by atoms with Crippen molar-refractivity contribution in [2.45, 2.75) is 31.3 Å². The molecule has 1 aliphatic carbocycles. The fraction of sp³-hybridized carbons (Fsp3) is 0.500. The number of nitrogens with one attached hydrogen (secondary N) is 2. The molecule has 2 fully saturated rings. The van der Waals surface area contributed by atoms with Crippen LogP contribution in [0.3, 0.4) is 0 Å². The molecule has 0 bridgehead atoms. The molecule has 1 unspecified atom stereocenters. The predicted molar refractivity (Wildman–Crippen MR) is 86.5 cm³/mol. The number of anilines is 1. The number of morpholine rings is 1. The van der Waals surface area contributed by atoms with Gasteiger partial charge in [0.25, 0.3) is 5.91 Å². The summed E-state index contributed by atoms with van der Waals surface area (Å²) < 4.78 is 5.57. The normalized spacial score (nSPS) is 21.3. The lowest BCUT2D eigenvalue weighted by molar-refractivity contribution is -0.00550. The molecule has 2 N–H and O–H groups in total. The molecular weight excluding hydrogens is 308 g/mol. The van der Waals surface area contributed by atoms with Crippen molar-refractivity contribution in [3.63, 3.8) is 0 Å². The van der Waals surface area contributed by atoms with Crippen molar-refractivity contribution in [1.29, 1.82) is 0 Å². The van der Waals surface area contributed by atoms with Crippen LogP contribution >= 0.6 is 0 Å². The maximum atomic E-state index is 12.7. The van der Waals surface area contributed by atoms with Crippen LogP contribution in [0.2, 0.25) is 0 Å². The van der Waals surface area contributed by atoms with Gasteiger partial charge in [-0.2, -0.15) is 5.10 Å². The lowest BCUT2D eigenvalue weighted by atomic mass is 9.93. The summed E-state index contributed by atoms with van der Waals surface area (Å²) >= 11 is 0. The van der Waals surface area contributed by atoms with E-state index in [0.717, 1.165) is 5.82 Å². The number of ether oxygens (including phenoxy) is 1. The Morgan fingerprint density at radius 2 is 2.25 bits per heavy atom. The molecule has 8 heteroatoms. The van der Waals surface area contributed by atoms with Crippen molar-refractivity contribution >= 4 is 11.7 Å². The zero-order chi connectivity index (χ0) is 16.4. The Kier molecular flexibility index (Phi) is 4.12. The summed E-state index contributed by atoms with van der Waals surface area (Å²) in [5.74, 6) is 1.30. The number of H-pyrrole nitrogens is 1. The van der Waals surface area contributed by atoms with Crippen LogP contribution in [0.15, 0.2) is 24.5 Å². The number of nitrogens with zero attached hydrogens (tertiary/aromatic N) is 4. The van der Waals surface area contributed by atoms with Gasteiger partial charge in [-0.3, -0.25) is 9.89 Å². The van der Waals surface area contributed by atoms with E-state index in [1.54, 1.807) is 23.4 Å². The monoisotopic (exact) mass is 328 g/mol. The third-order valence-electron chi connectivity index (χ3n) is 4.55. The standard InChI is InChI=1S/C16H20N6O2/c23-16(12-4-7-18-21-12)22-8-9-24-10-13(22)15-17-6-5-14(20-15)19-11-2-1-3-11/h4-7,11,13H,1-3,8-10H2,(H,18,21)(H,17,19,20). The summed E-state index contributed by atoms with van der Waals surface area (Å²) in [5, 5.41) is 10.00. The first-order chi connectivity index (χ1) is 11.8. The molecule has 24 heavy (non-hydrogen) atoms. The number of hydrogen-bond acceptors (Lipinski definition) is 6. The summed E-state index contributed by atoms with van der Waals surface area (Å²) in [6.07, 6.45) is 6.92. The Morgan fingerprint density at radius 1 is 1.33 bits per heavy atom. The number of hydrogen-bond donors (Lipinski definition) is 2. The molecule has 0 spiro atoms. The van der Waals surface area contributed by atoms with Crippen molar-refractivity contribution in [2.75, 3.05) is 25.1 Å². The van der Waals surface area contributed by atoms with Gasteiger partial charge in [0.15, 0.2) is 5.82 Å². The van der Waals surface area contributed by atoms with E-state index in [4.69, 9.17) is 4.74 Å². The number of rotatable bonds is 4. The Balaban J connectivity index is 1.56. The van der Waals surface area contributed by atoms with Crippen molar-refractivity contribution in [3.8, 4) is 0 Å². The third kappa shape index (κ3) is 2.96. The van der Waals surface area contributed by atoms with Gasteiger partial charge in [-0.05, 0) is 31.4 Å². The lowest BCUT2D eigenvalue weighted by Crippen LogP contribution is -2.44. The summed E-state index contributed by atoms with van der Waals surface area (Å²) in [7, 11) is 0. The van der Waals surface area contributed by atoms with Crippen LogP contribution in [0.1, 0.15) is 41.6 Å². The number of carbonyl (C=O) groups is 1. The second-order valence-corrected chi connectivity index (χ2v) is 6.13. The van der Waals surface area contributed by atoms with Crippen molar-refractivity contribution in [2.24, 2.45) is 0 Å². The van der Waals surface area contributed by atoms with Crippen molar-refractivity contribution in [1.82, 2.24) is 25.1 Å². The van der Waals surface area contributed by atoms with Crippen molar-refractivity contribution < 1.29 is 9.53 Å². The van der Waals surface area contributed by atoms with E-state index in [1.807, 2.05) is 6.07 Å². The number of amides is 1. The van der Waals surface area contributed by atoms with Crippen molar-refractivity contribution in [3.05, 3.63) is 36.0 Å². The first kappa shape index (κ1) is 15.1. The number of carbonyl (C=O) groups excluding carboxylic acids is 1. The highest BCUT2D eigenvalue weighted by Crippen LogP contribution is 2.26.